The molecule has 7 nitrogen and oxygen atoms in total. The zero-order valence-electron chi connectivity index (χ0n) is 21.0. The van der Waals surface area contributed by atoms with E-state index in [1.54, 1.807) is 31.2 Å². The molecule has 0 spiro atoms. The molecule has 1 unspecified atom stereocenters. The number of benzene rings is 2. The van der Waals surface area contributed by atoms with Gasteiger partial charge in [0.05, 0.1) is 11.9 Å². The van der Waals surface area contributed by atoms with Gasteiger partial charge in [-0.15, -0.1) is 0 Å². The fourth-order valence-corrected chi connectivity index (χ4v) is 4.57. The normalized spacial score (nSPS) is 12.7. The van der Waals surface area contributed by atoms with Crippen molar-refractivity contribution in [2.75, 3.05) is 17.1 Å². The van der Waals surface area contributed by atoms with E-state index in [0.29, 0.717) is 5.02 Å². The monoisotopic (exact) mass is 543 g/mol. The molecule has 1 N–H and O–H groups in total. The second kappa shape index (κ2) is 12.0. The summed E-state index contributed by atoms with van der Waals surface area (Å²) >= 11 is 5.96. The van der Waals surface area contributed by atoms with Crippen molar-refractivity contribution < 1.29 is 26.8 Å². The number of carbonyl (C=O) groups excluding carboxylic acids is 2. The number of carbonyl (C=O) groups is 2. The van der Waals surface area contributed by atoms with Crippen molar-refractivity contribution in [2.45, 2.75) is 58.7 Å². The molecule has 0 bridgehead atoms. The Bertz CT molecular complexity index is 1180. The van der Waals surface area contributed by atoms with Crippen molar-refractivity contribution >= 4 is 39.1 Å². The number of nitrogens with zero attached hydrogens (tertiary/aromatic N) is 2. The zero-order chi connectivity index (χ0) is 27.3. The van der Waals surface area contributed by atoms with Gasteiger partial charge in [0.1, 0.15) is 6.04 Å². The third kappa shape index (κ3) is 8.74. The van der Waals surface area contributed by atoms with Crippen LogP contribution in [0.4, 0.5) is 14.5 Å². The minimum atomic E-state index is -3.83. The number of hydrogen-bond acceptors (Lipinski definition) is 4. The molecule has 0 aromatic heterocycles. The molecule has 0 saturated carbocycles. The first-order valence-corrected chi connectivity index (χ1v) is 13.6. The molecule has 36 heavy (non-hydrogen) atoms. The Hall–Kier alpha value is -2.72. The molecule has 0 heterocycles. The van der Waals surface area contributed by atoms with Crippen LogP contribution in [0, 0.1) is 11.6 Å². The van der Waals surface area contributed by atoms with Gasteiger partial charge < -0.3 is 10.2 Å². The molecule has 2 rings (SSSR count). The van der Waals surface area contributed by atoms with E-state index in [9.17, 15) is 26.8 Å². The van der Waals surface area contributed by atoms with Crippen LogP contribution in [0.15, 0.2) is 42.5 Å². The number of sulfonamides is 1. The number of rotatable bonds is 10. The molecule has 0 saturated heterocycles. The topological polar surface area (TPSA) is 86.8 Å². The quantitative estimate of drug-likeness (QED) is 0.478. The predicted octanol–water partition coefficient (Wildman–Crippen LogP) is 4.50. The van der Waals surface area contributed by atoms with Crippen LogP contribution >= 0.6 is 11.6 Å². The molecule has 0 fully saturated rings. The second-order valence-corrected chi connectivity index (χ2v) is 11.9. The van der Waals surface area contributed by atoms with Gasteiger partial charge in [-0.3, -0.25) is 13.9 Å². The van der Waals surface area contributed by atoms with Crippen molar-refractivity contribution in [3.63, 3.8) is 0 Å². The van der Waals surface area contributed by atoms with Gasteiger partial charge in [-0.25, -0.2) is 17.2 Å². The molecule has 0 aliphatic rings. The van der Waals surface area contributed by atoms with Crippen LogP contribution in [0.3, 0.4) is 0 Å². The Labute approximate surface area is 216 Å². The standard InChI is InChI=1S/C25H32ClF2N3O4S/c1-17(24(33)29-25(2,3)4)30(16-18-8-10-19(26)11-9-18)23(32)7-6-14-31(36(5,34)35)20-12-13-21(27)22(28)15-20/h8-13,15,17H,6-7,14,16H2,1-5H3,(H,29,33). The molecule has 0 radical (unpaired) electrons. The van der Waals surface area contributed by atoms with Gasteiger partial charge >= 0.3 is 0 Å². The van der Waals surface area contributed by atoms with Crippen LogP contribution in [0.25, 0.3) is 0 Å². The molecule has 198 valence electrons. The lowest BCUT2D eigenvalue weighted by molar-refractivity contribution is -0.141. The minimum Gasteiger partial charge on any atom is -0.350 e. The van der Waals surface area contributed by atoms with Crippen molar-refractivity contribution in [2.24, 2.45) is 0 Å². The van der Waals surface area contributed by atoms with E-state index >= 15 is 0 Å². The van der Waals surface area contributed by atoms with E-state index in [4.69, 9.17) is 11.6 Å². The lowest BCUT2D eigenvalue weighted by Gasteiger charge is -2.32. The van der Waals surface area contributed by atoms with Gasteiger partial charge in [0.2, 0.25) is 21.8 Å². The zero-order valence-corrected chi connectivity index (χ0v) is 22.6. The van der Waals surface area contributed by atoms with E-state index in [0.717, 1.165) is 34.3 Å². The van der Waals surface area contributed by atoms with Gasteiger partial charge in [-0.1, -0.05) is 23.7 Å². The number of hydrogen-bond donors (Lipinski definition) is 1. The summed E-state index contributed by atoms with van der Waals surface area (Å²) in [6, 6.07) is 8.88. The fourth-order valence-electron chi connectivity index (χ4n) is 3.49. The third-order valence-electron chi connectivity index (χ3n) is 5.28. The highest BCUT2D eigenvalue weighted by molar-refractivity contribution is 7.92. The Morgan fingerprint density at radius 1 is 1.06 bits per heavy atom. The summed E-state index contributed by atoms with van der Waals surface area (Å²) < 4.78 is 52.5. The van der Waals surface area contributed by atoms with Gasteiger partial charge in [0.25, 0.3) is 0 Å². The SMILES string of the molecule is CC(C(=O)NC(C)(C)C)N(Cc1ccc(Cl)cc1)C(=O)CCCN(c1ccc(F)c(F)c1)S(C)(=O)=O. The van der Waals surface area contributed by atoms with Gasteiger partial charge in [0.15, 0.2) is 11.6 Å². The highest BCUT2D eigenvalue weighted by Crippen LogP contribution is 2.22. The molecule has 2 aromatic carbocycles. The summed E-state index contributed by atoms with van der Waals surface area (Å²) in [5.41, 5.74) is 0.225. The average molecular weight is 544 g/mol. The summed E-state index contributed by atoms with van der Waals surface area (Å²) in [4.78, 5) is 27.5. The van der Waals surface area contributed by atoms with Crippen molar-refractivity contribution in [1.82, 2.24) is 10.2 Å². The lowest BCUT2D eigenvalue weighted by Crippen LogP contribution is -2.52. The Balaban J connectivity index is 2.20. The first-order chi connectivity index (χ1) is 16.6. The van der Waals surface area contributed by atoms with E-state index in [-0.39, 0.29) is 43.4 Å². The van der Waals surface area contributed by atoms with Gasteiger partial charge in [-0.2, -0.15) is 0 Å². The average Bonchev–Trinajstić information content (AvgIpc) is 2.75. The van der Waals surface area contributed by atoms with Crippen LogP contribution in [-0.4, -0.2) is 49.5 Å². The van der Waals surface area contributed by atoms with Gasteiger partial charge in [0, 0.05) is 36.1 Å². The Morgan fingerprint density at radius 2 is 1.67 bits per heavy atom. The van der Waals surface area contributed by atoms with E-state index < -0.39 is 33.2 Å². The summed E-state index contributed by atoms with van der Waals surface area (Å²) in [6.07, 6.45) is 0.966. The molecule has 11 heteroatoms. The van der Waals surface area contributed by atoms with Crippen molar-refractivity contribution in [3.05, 3.63) is 64.7 Å². The number of nitrogens with one attached hydrogen (secondary N) is 1. The molecule has 2 aromatic rings. The van der Waals surface area contributed by atoms with E-state index in [1.165, 1.54) is 4.90 Å². The minimum absolute atomic E-state index is 0.0419. The number of amides is 2. The first kappa shape index (κ1) is 29.5. The largest absolute Gasteiger partial charge is 0.350 e. The van der Waals surface area contributed by atoms with Crippen LogP contribution in [0.5, 0.6) is 0 Å². The van der Waals surface area contributed by atoms with E-state index in [2.05, 4.69) is 5.32 Å². The van der Waals surface area contributed by atoms with Crippen LogP contribution < -0.4 is 9.62 Å². The smallest absolute Gasteiger partial charge is 0.242 e. The molecule has 0 aliphatic carbocycles. The maximum absolute atomic E-state index is 13.7. The Kier molecular flexibility index (Phi) is 9.85. The third-order valence-corrected chi connectivity index (χ3v) is 6.72. The summed E-state index contributed by atoms with van der Waals surface area (Å²) in [6.45, 7) is 7.14. The number of halogens is 3. The Morgan fingerprint density at radius 3 is 2.19 bits per heavy atom. The maximum atomic E-state index is 13.7. The predicted molar refractivity (Wildman–Crippen MR) is 137 cm³/mol. The fraction of sp³-hybridized carbons (Fsp3) is 0.440. The lowest BCUT2D eigenvalue weighted by atomic mass is 10.1. The van der Waals surface area contributed by atoms with E-state index in [1.807, 2.05) is 20.8 Å². The molecular formula is C25H32ClF2N3O4S. The maximum Gasteiger partial charge on any atom is 0.242 e. The second-order valence-electron chi connectivity index (χ2n) is 9.60. The summed E-state index contributed by atoms with van der Waals surface area (Å²) in [5.74, 6) is -2.96. The van der Waals surface area contributed by atoms with Crippen LogP contribution in [0.1, 0.15) is 46.1 Å². The van der Waals surface area contributed by atoms with Crippen molar-refractivity contribution in [3.8, 4) is 0 Å². The highest BCUT2D eigenvalue weighted by Gasteiger charge is 2.28. The molecular weight excluding hydrogens is 512 g/mol. The first-order valence-electron chi connectivity index (χ1n) is 11.4. The van der Waals surface area contributed by atoms with Crippen LogP contribution in [0.2, 0.25) is 5.02 Å². The molecule has 2 amide bonds. The summed E-state index contributed by atoms with van der Waals surface area (Å²) in [7, 11) is -3.83. The van der Waals surface area contributed by atoms with Gasteiger partial charge in [-0.05, 0) is 63.9 Å². The highest BCUT2D eigenvalue weighted by atomic mass is 35.5. The van der Waals surface area contributed by atoms with Crippen molar-refractivity contribution in [1.29, 1.82) is 0 Å². The summed E-state index contributed by atoms with van der Waals surface area (Å²) in [5, 5.41) is 3.40. The molecule has 1 atom stereocenters. The van der Waals surface area contributed by atoms with Crippen LogP contribution in [-0.2, 0) is 26.2 Å². The molecule has 0 aliphatic heterocycles. The number of anilines is 1.